The van der Waals surface area contributed by atoms with Crippen LogP contribution in [0.1, 0.15) is 75.4 Å². The van der Waals surface area contributed by atoms with Crippen molar-refractivity contribution in [3.05, 3.63) is 89.0 Å². The molecule has 238 valence electrons. The van der Waals surface area contributed by atoms with Crippen LogP contribution in [0.25, 0.3) is 0 Å². The molecule has 0 radical (unpaired) electrons. The van der Waals surface area contributed by atoms with Gasteiger partial charge in [0.1, 0.15) is 6.61 Å². The average molecular weight is 616 g/mol. The van der Waals surface area contributed by atoms with Gasteiger partial charge in [-0.15, -0.1) is 0 Å². The molecule has 0 spiro atoms. The maximum absolute atomic E-state index is 17.6. The van der Waals surface area contributed by atoms with E-state index < -0.39 is 58.9 Å². The normalized spacial score (nSPS) is 40.6. The zero-order chi connectivity index (χ0) is 31.9. The van der Waals surface area contributed by atoms with Crippen LogP contribution in [0, 0.1) is 22.7 Å². The molecule has 8 heteroatoms. The molecule has 3 saturated carbocycles. The van der Waals surface area contributed by atoms with E-state index in [-0.39, 0.29) is 24.0 Å². The number of Topliss-reactive ketones (excluding diaryl/α,β-unsaturated/α-hetero) is 1. The van der Waals surface area contributed by atoms with E-state index in [4.69, 9.17) is 9.47 Å². The molecule has 0 amide bonds. The Morgan fingerprint density at radius 2 is 1.89 bits per heavy atom. The number of allylic oxidation sites excluding steroid dienone is 4. The van der Waals surface area contributed by atoms with Crippen LogP contribution in [-0.4, -0.2) is 58.9 Å². The number of rotatable bonds is 6. The molecule has 3 N–H and O–H groups in total. The number of halogens is 1. The smallest absolute Gasteiger partial charge is 0.193 e. The Hall–Kier alpha value is -3.17. The zero-order valence-corrected chi connectivity index (χ0v) is 26.3. The minimum Gasteiger partial charge on any atom is -0.390 e. The van der Waals surface area contributed by atoms with Crippen LogP contribution >= 0.6 is 0 Å². The lowest BCUT2D eigenvalue weighted by atomic mass is 9.44. The molecule has 4 aliphatic carbocycles. The van der Waals surface area contributed by atoms with Crippen LogP contribution in [0.3, 0.4) is 0 Å². The lowest BCUT2D eigenvalue weighted by Gasteiger charge is -2.62. The minimum atomic E-state index is -2.03. The molecule has 45 heavy (non-hydrogen) atoms. The fourth-order valence-electron chi connectivity index (χ4n) is 9.82. The second-order valence-electron chi connectivity index (χ2n) is 14.2. The van der Waals surface area contributed by atoms with E-state index in [1.807, 2.05) is 50.4 Å². The molecule has 4 fully saturated rings. The minimum absolute atomic E-state index is 0.0320. The van der Waals surface area contributed by atoms with Gasteiger partial charge in [0.15, 0.2) is 29.1 Å². The number of benzene rings is 2. The van der Waals surface area contributed by atoms with Crippen molar-refractivity contribution in [2.45, 2.75) is 82.1 Å². The molecule has 10 atom stereocenters. The summed E-state index contributed by atoms with van der Waals surface area (Å²) in [6.45, 7) is 5.08. The van der Waals surface area contributed by atoms with Crippen LogP contribution < -0.4 is 5.32 Å². The van der Waals surface area contributed by atoms with Crippen molar-refractivity contribution < 1.29 is 33.7 Å². The Kier molecular flexibility index (Phi) is 7.06. The molecule has 1 heterocycles. The van der Waals surface area contributed by atoms with Gasteiger partial charge in [0, 0.05) is 41.0 Å². The van der Waals surface area contributed by atoms with Crippen molar-refractivity contribution in [1.29, 1.82) is 0 Å². The molecule has 1 saturated heterocycles. The molecule has 2 aromatic carbocycles. The number of hydrogen-bond acceptors (Lipinski definition) is 7. The fourth-order valence-corrected chi connectivity index (χ4v) is 9.82. The SMILES string of the molecule is CNc1cccc([C@@H](C)c2ccc([C@H]3O[C@@H]4C[C@H]5[C@@H]6CCC7=CC(=O)C=C[C@]7(C)[C@@]6(F)[C@@H](O)C[C@]5(C)[C@]4(C(=O)CO)O3)cc2)c1. The summed E-state index contributed by atoms with van der Waals surface area (Å²) in [5.41, 5.74) is -0.878. The van der Waals surface area contributed by atoms with Crippen LogP contribution in [0.2, 0.25) is 0 Å². The number of anilines is 1. The number of fused-ring (bicyclic) bond motifs is 7. The molecule has 7 rings (SSSR count). The number of aliphatic hydroxyl groups is 2. The van der Waals surface area contributed by atoms with E-state index >= 15 is 4.39 Å². The lowest BCUT2D eigenvalue weighted by Crippen LogP contribution is -2.69. The highest BCUT2D eigenvalue weighted by Crippen LogP contribution is 2.72. The molecule has 0 bridgehead atoms. The Labute approximate surface area is 263 Å². The summed E-state index contributed by atoms with van der Waals surface area (Å²) in [4.78, 5) is 26.0. The molecule has 2 aromatic rings. The zero-order valence-electron chi connectivity index (χ0n) is 26.3. The Balaban J connectivity index is 1.19. The Morgan fingerprint density at radius 3 is 2.60 bits per heavy atom. The monoisotopic (exact) mass is 615 g/mol. The van der Waals surface area contributed by atoms with Crippen molar-refractivity contribution >= 4 is 17.3 Å². The molecule has 1 aliphatic heterocycles. The largest absolute Gasteiger partial charge is 0.390 e. The van der Waals surface area contributed by atoms with Gasteiger partial charge in [0.25, 0.3) is 0 Å². The number of nitrogens with one attached hydrogen (secondary N) is 1. The molecular formula is C37H42FNO6. The van der Waals surface area contributed by atoms with Crippen molar-refractivity contribution in [2.24, 2.45) is 22.7 Å². The topological polar surface area (TPSA) is 105 Å². The maximum atomic E-state index is 17.6. The number of carbonyl (C=O) groups excluding carboxylic acids is 2. The van der Waals surface area contributed by atoms with Crippen LogP contribution in [0.5, 0.6) is 0 Å². The maximum Gasteiger partial charge on any atom is 0.193 e. The van der Waals surface area contributed by atoms with E-state index in [0.29, 0.717) is 24.8 Å². The van der Waals surface area contributed by atoms with Gasteiger partial charge in [-0.2, -0.15) is 0 Å². The molecule has 5 aliphatic rings. The van der Waals surface area contributed by atoms with Crippen molar-refractivity contribution in [3.8, 4) is 0 Å². The third-order valence-corrected chi connectivity index (χ3v) is 12.3. The first kappa shape index (κ1) is 30.5. The third kappa shape index (κ3) is 4.01. The van der Waals surface area contributed by atoms with Gasteiger partial charge >= 0.3 is 0 Å². The van der Waals surface area contributed by atoms with Gasteiger partial charge < -0.3 is 25.0 Å². The molecule has 0 unspecified atom stereocenters. The first-order chi connectivity index (χ1) is 21.4. The fraction of sp³-hybridized carbons (Fsp3) is 0.514. The number of aliphatic hydroxyl groups excluding tert-OH is 2. The van der Waals surface area contributed by atoms with Crippen LogP contribution in [0.15, 0.2) is 72.3 Å². The van der Waals surface area contributed by atoms with Crippen LogP contribution in [0.4, 0.5) is 10.1 Å². The van der Waals surface area contributed by atoms with E-state index in [1.54, 1.807) is 13.0 Å². The highest BCUT2D eigenvalue weighted by molar-refractivity contribution is 6.01. The second-order valence-corrected chi connectivity index (χ2v) is 14.2. The van der Waals surface area contributed by atoms with Gasteiger partial charge in [-0.3, -0.25) is 9.59 Å². The number of hydrogen-bond donors (Lipinski definition) is 3. The van der Waals surface area contributed by atoms with Gasteiger partial charge in [0.05, 0.1) is 12.2 Å². The van der Waals surface area contributed by atoms with Gasteiger partial charge in [-0.05, 0) is 73.9 Å². The van der Waals surface area contributed by atoms with Crippen molar-refractivity contribution in [3.63, 3.8) is 0 Å². The third-order valence-electron chi connectivity index (χ3n) is 12.3. The molecule has 0 aromatic heterocycles. The average Bonchev–Trinajstić information content (AvgIpc) is 3.54. The number of ketones is 2. The summed E-state index contributed by atoms with van der Waals surface area (Å²) in [5, 5.41) is 25.2. The number of alkyl halides is 1. The predicted octanol–water partition coefficient (Wildman–Crippen LogP) is 5.58. The first-order valence-corrected chi connectivity index (χ1v) is 16.1. The van der Waals surface area contributed by atoms with Gasteiger partial charge in [-0.1, -0.05) is 61.9 Å². The summed E-state index contributed by atoms with van der Waals surface area (Å²) < 4.78 is 30.8. The van der Waals surface area contributed by atoms with E-state index in [2.05, 4.69) is 24.4 Å². The van der Waals surface area contributed by atoms with E-state index in [9.17, 15) is 19.8 Å². The number of ether oxygens (including phenoxy) is 2. The van der Waals surface area contributed by atoms with Gasteiger partial charge in [0.2, 0.25) is 0 Å². The lowest BCUT2D eigenvalue weighted by molar-refractivity contribution is -0.231. The highest BCUT2D eigenvalue weighted by Gasteiger charge is 2.79. The first-order valence-electron chi connectivity index (χ1n) is 16.1. The Bertz CT molecular complexity index is 1600. The standard InChI is InChI=1S/C37H42FNO6/c1-21(24-6-5-7-26(16-24)39-4)22-8-10-23(11-9-22)33-44-32-18-29-28-13-12-25-17-27(41)14-15-34(25,2)36(28,38)30(42)19-35(29,3)37(32,45-33)31(43)20-40/h5-11,14-17,21,28-30,32-33,39-40,42H,12-13,18-20H2,1-4H3/t21-,28-,29-,30-,32+,33-,34-,35-,36-,37+/m0/s1. The summed E-state index contributed by atoms with van der Waals surface area (Å²) in [5.74, 6) is -1.45. The quantitative estimate of drug-likeness (QED) is 0.390. The van der Waals surface area contributed by atoms with Gasteiger partial charge in [-0.25, -0.2) is 4.39 Å². The number of carbonyl (C=O) groups is 2. The van der Waals surface area contributed by atoms with Crippen LogP contribution in [-0.2, 0) is 19.1 Å². The summed E-state index contributed by atoms with van der Waals surface area (Å²) in [6.07, 6.45) is 2.88. The second kappa shape index (κ2) is 10.4. The summed E-state index contributed by atoms with van der Waals surface area (Å²) in [7, 11) is 1.90. The molecular weight excluding hydrogens is 573 g/mol. The summed E-state index contributed by atoms with van der Waals surface area (Å²) >= 11 is 0. The predicted molar refractivity (Wildman–Crippen MR) is 167 cm³/mol. The van der Waals surface area contributed by atoms with E-state index in [0.717, 1.165) is 16.8 Å². The highest BCUT2D eigenvalue weighted by atomic mass is 19.1. The van der Waals surface area contributed by atoms with Crippen molar-refractivity contribution in [1.82, 2.24) is 0 Å². The Morgan fingerprint density at radius 1 is 1.13 bits per heavy atom. The summed E-state index contributed by atoms with van der Waals surface area (Å²) in [6, 6.07) is 16.3. The van der Waals surface area contributed by atoms with E-state index in [1.165, 1.54) is 17.7 Å². The van der Waals surface area contributed by atoms with Crippen molar-refractivity contribution in [2.75, 3.05) is 19.0 Å². The molecule has 7 nitrogen and oxygen atoms in total.